The first-order valence-corrected chi connectivity index (χ1v) is 8.27. The Labute approximate surface area is 119 Å². The maximum atomic E-state index is 5.73. The van der Waals surface area contributed by atoms with E-state index >= 15 is 0 Å². The van der Waals surface area contributed by atoms with Gasteiger partial charge in [0.25, 0.3) is 0 Å². The molecule has 0 aromatic carbocycles. The molecule has 3 atom stereocenters. The fourth-order valence-electron chi connectivity index (χ4n) is 3.42. The molecule has 0 bridgehead atoms. The standard InChI is InChI=1S/C16H32N2O/c1-4-14-12-17-16(3,5-2)13-18(14)10-6-8-15-9-7-11-19-15/h14-15,17H,4-13H2,1-3H3. The first-order chi connectivity index (χ1) is 9.17. The van der Waals surface area contributed by atoms with Gasteiger partial charge in [0.15, 0.2) is 0 Å². The summed E-state index contributed by atoms with van der Waals surface area (Å²) in [6, 6.07) is 0.726. The Balaban J connectivity index is 1.77. The zero-order valence-electron chi connectivity index (χ0n) is 13.1. The first kappa shape index (κ1) is 15.3. The fraction of sp³-hybridized carbons (Fsp3) is 1.00. The number of hydrogen-bond acceptors (Lipinski definition) is 3. The number of piperazine rings is 1. The monoisotopic (exact) mass is 268 g/mol. The molecule has 2 saturated heterocycles. The third kappa shape index (κ3) is 4.17. The Bertz CT molecular complexity index is 265. The molecule has 2 heterocycles. The van der Waals surface area contributed by atoms with Gasteiger partial charge in [0.2, 0.25) is 0 Å². The van der Waals surface area contributed by atoms with Gasteiger partial charge in [-0.15, -0.1) is 0 Å². The van der Waals surface area contributed by atoms with Crippen LogP contribution < -0.4 is 5.32 Å². The summed E-state index contributed by atoms with van der Waals surface area (Å²) in [6.45, 7) is 11.6. The molecular formula is C16H32N2O. The van der Waals surface area contributed by atoms with Crippen LogP contribution in [-0.4, -0.2) is 48.8 Å². The van der Waals surface area contributed by atoms with Gasteiger partial charge in [0.1, 0.15) is 0 Å². The van der Waals surface area contributed by atoms with E-state index in [0.29, 0.717) is 11.6 Å². The minimum Gasteiger partial charge on any atom is -0.378 e. The smallest absolute Gasteiger partial charge is 0.0576 e. The fourth-order valence-corrected chi connectivity index (χ4v) is 3.42. The molecule has 0 spiro atoms. The minimum absolute atomic E-state index is 0.315. The highest BCUT2D eigenvalue weighted by Crippen LogP contribution is 2.22. The van der Waals surface area contributed by atoms with E-state index in [1.165, 1.54) is 51.6 Å². The van der Waals surface area contributed by atoms with Crippen LogP contribution in [0.15, 0.2) is 0 Å². The maximum absolute atomic E-state index is 5.73. The van der Waals surface area contributed by atoms with E-state index in [-0.39, 0.29) is 0 Å². The van der Waals surface area contributed by atoms with Crippen LogP contribution in [0.3, 0.4) is 0 Å². The second-order valence-corrected chi connectivity index (χ2v) is 6.60. The van der Waals surface area contributed by atoms with Crippen molar-refractivity contribution in [3.63, 3.8) is 0 Å². The lowest BCUT2D eigenvalue weighted by Gasteiger charge is -2.46. The van der Waals surface area contributed by atoms with Gasteiger partial charge in [0, 0.05) is 31.3 Å². The average molecular weight is 268 g/mol. The normalized spacial score (nSPS) is 36.8. The summed E-state index contributed by atoms with van der Waals surface area (Å²) in [4.78, 5) is 2.72. The lowest BCUT2D eigenvalue weighted by molar-refractivity contribution is 0.0675. The first-order valence-electron chi connectivity index (χ1n) is 8.27. The van der Waals surface area contributed by atoms with E-state index in [1.54, 1.807) is 0 Å². The van der Waals surface area contributed by atoms with E-state index in [1.807, 2.05) is 0 Å². The zero-order valence-corrected chi connectivity index (χ0v) is 13.1. The van der Waals surface area contributed by atoms with Crippen LogP contribution in [0.2, 0.25) is 0 Å². The molecule has 3 heteroatoms. The summed E-state index contributed by atoms with van der Waals surface area (Å²) >= 11 is 0. The van der Waals surface area contributed by atoms with E-state index < -0.39 is 0 Å². The third-order valence-electron chi connectivity index (χ3n) is 5.08. The van der Waals surface area contributed by atoms with Crippen molar-refractivity contribution in [1.29, 1.82) is 0 Å². The van der Waals surface area contributed by atoms with Gasteiger partial charge in [-0.2, -0.15) is 0 Å². The number of rotatable bonds is 6. The Morgan fingerprint density at radius 3 is 2.84 bits per heavy atom. The van der Waals surface area contributed by atoms with Crippen molar-refractivity contribution in [3.05, 3.63) is 0 Å². The van der Waals surface area contributed by atoms with Crippen molar-refractivity contribution in [2.45, 2.75) is 77.0 Å². The second-order valence-electron chi connectivity index (χ2n) is 6.60. The van der Waals surface area contributed by atoms with Crippen molar-refractivity contribution < 1.29 is 4.74 Å². The topological polar surface area (TPSA) is 24.5 Å². The minimum atomic E-state index is 0.315. The summed E-state index contributed by atoms with van der Waals surface area (Å²) in [6.07, 6.45) is 8.12. The summed E-state index contributed by atoms with van der Waals surface area (Å²) in [5, 5.41) is 3.74. The predicted octanol–water partition coefficient (Wildman–Crippen LogP) is 2.80. The number of nitrogens with zero attached hydrogens (tertiary/aromatic N) is 1. The molecule has 0 saturated carbocycles. The lowest BCUT2D eigenvalue weighted by Crippen LogP contribution is -2.62. The maximum Gasteiger partial charge on any atom is 0.0576 e. The van der Waals surface area contributed by atoms with Gasteiger partial charge in [-0.05, 0) is 52.0 Å². The van der Waals surface area contributed by atoms with Crippen LogP contribution in [0.1, 0.15) is 59.3 Å². The molecule has 0 radical (unpaired) electrons. The van der Waals surface area contributed by atoms with Crippen LogP contribution in [0.4, 0.5) is 0 Å². The van der Waals surface area contributed by atoms with Crippen molar-refractivity contribution in [2.24, 2.45) is 0 Å². The zero-order chi connectivity index (χ0) is 13.7. The highest BCUT2D eigenvalue weighted by atomic mass is 16.5. The predicted molar refractivity (Wildman–Crippen MR) is 80.6 cm³/mol. The Hall–Kier alpha value is -0.120. The van der Waals surface area contributed by atoms with E-state index in [9.17, 15) is 0 Å². The molecule has 2 aliphatic heterocycles. The highest BCUT2D eigenvalue weighted by molar-refractivity contribution is 4.93. The second kappa shape index (κ2) is 7.05. The van der Waals surface area contributed by atoms with E-state index in [0.717, 1.165) is 19.2 Å². The molecule has 3 nitrogen and oxygen atoms in total. The molecule has 2 rings (SSSR count). The molecule has 19 heavy (non-hydrogen) atoms. The van der Waals surface area contributed by atoms with Gasteiger partial charge < -0.3 is 10.1 Å². The number of hydrogen-bond donors (Lipinski definition) is 1. The molecule has 1 N–H and O–H groups in total. The van der Waals surface area contributed by atoms with Gasteiger partial charge >= 0.3 is 0 Å². The Morgan fingerprint density at radius 2 is 2.21 bits per heavy atom. The summed E-state index contributed by atoms with van der Waals surface area (Å²) < 4.78 is 5.73. The molecule has 0 aromatic rings. The van der Waals surface area contributed by atoms with E-state index in [4.69, 9.17) is 4.74 Å². The SMILES string of the molecule is CCC1CNC(C)(CC)CN1CCCC1CCCO1. The van der Waals surface area contributed by atoms with Gasteiger partial charge in [0.05, 0.1) is 6.10 Å². The van der Waals surface area contributed by atoms with Gasteiger partial charge in [-0.25, -0.2) is 0 Å². The molecular weight excluding hydrogens is 236 g/mol. The molecule has 0 amide bonds. The quantitative estimate of drug-likeness (QED) is 0.801. The van der Waals surface area contributed by atoms with Crippen molar-refractivity contribution in [1.82, 2.24) is 10.2 Å². The summed E-state index contributed by atoms with van der Waals surface area (Å²) in [5.41, 5.74) is 0.315. The van der Waals surface area contributed by atoms with Gasteiger partial charge in [-0.1, -0.05) is 13.8 Å². The van der Waals surface area contributed by atoms with Gasteiger partial charge in [-0.3, -0.25) is 4.90 Å². The Morgan fingerprint density at radius 1 is 1.37 bits per heavy atom. The van der Waals surface area contributed by atoms with Crippen LogP contribution in [0.25, 0.3) is 0 Å². The van der Waals surface area contributed by atoms with Crippen LogP contribution in [0, 0.1) is 0 Å². The molecule has 3 unspecified atom stereocenters. The van der Waals surface area contributed by atoms with Crippen molar-refractivity contribution in [2.75, 3.05) is 26.2 Å². The number of ether oxygens (including phenoxy) is 1. The highest BCUT2D eigenvalue weighted by Gasteiger charge is 2.33. The number of nitrogens with one attached hydrogen (secondary N) is 1. The molecule has 0 aliphatic carbocycles. The lowest BCUT2D eigenvalue weighted by atomic mass is 9.92. The molecule has 0 aromatic heterocycles. The van der Waals surface area contributed by atoms with Crippen LogP contribution in [-0.2, 0) is 4.74 Å². The van der Waals surface area contributed by atoms with Crippen molar-refractivity contribution in [3.8, 4) is 0 Å². The molecule has 112 valence electrons. The van der Waals surface area contributed by atoms with Crippen LogP contribution >= 0.6 is 0 Å². The average Bonchev–Trinajstić information content (AvgIpc) is 2.92. The molecule has 2 fully saturated rings. The largest absolute Gasteiger partial charge is 0.378 e. The van der Waals surface area contributed by atoms with E-state index in [2.05, 4.69) is 31.0 Å². The van der Waals surface area contributed by atoms with Crippen LogP contribution in [0.5, 0.6) is 0 Å². The molecule has 2 aliphatic rings. The third-order valence-corrected chi connectivity index (χ3v) is 5.08. The Kier molecular flexibility index (Phi) is 5.67. The summed E-state index contributed by atoms with van der Waals surface area (Å²) in [5.74, 6) is 0. The summed E-state index contributed by atoms with van der Waals surface area (Å²) in [7, 11) is 0. The van der Waals surface area contributed by atoms with Crippen molar-refractivity contribution >= 4 is 0 Å².